The minimum absolute atomic E-state index is 0.667. The molecule has 1 unspecified atom stereocenters. The van der Waals surface area contributed by atoms with E-state index in [1.165, 1.54) is 63.6 Å². The van der Waals surface area contributed by atoms with Crippen molar-refractivity contribution in [2.75, 3.05) is 20.1 Å². The maximum Gasteiger partial charge on any atom is 0.0765 e. The Morgan fingerprint density at radius 2 is 2.00 bits per heavy atom. The fourth-order valence-electron chi connectivity index (χ4n) is 3.95. The lowest BCUT2D eigenvalue weighted by molar-refractivity contribution is 0.130. The van der Waals surface area contributed by atoms with E-state index in [0.717, 1.165) is 19.1 Å². The molecule has 0 amide bonds. The first-order valence-electron chi connectivity index (χ1n) is 8.79. The second-order valence-corrected chi connectivity index (χ2v) is 6.74. The van der Waals surface area contributed by atoms with Crippen LogP contribution in [0, 0.1) is 0 Å². The molecule has 1 aromatic rings. The van der Waals surface area contributed by atoms with E-state index in [0.29, 0.717) is 6.04 Å². The van der Waals surface area contributed by atoms with Gasteiger partial charge in [-0.05, 0) is 58.3 Å². The molecule has 4 heteroatoms. The van der Waals surface area contributed by atoms with Crippen LogP contribution in [0.3, 0.4) is 0 Å². The van der Waals surface area contributed by atoms with Crippen molar-refractivity contribution < 1.29 is 0 Å². The van der Waals surface area contributed by atoms with E-state index in [2.05, 4.69) is 34.2 Å². The lowest BCUT2D eigenvalue weighted by Crippen LogP contribution is -2.40. The zero-order valence-corrected chi connectivity index (χ0v) is 13.4. The smallest absolute Gasteiger partial charge is 0.0765 e. The highest BCUT2D eigenvalue weighted by molar-refractivity contribution is 5.01. The summed E-state index contributed by atoms with van der Waals surface area (Å²) in [5.74, 6) is 0. The van der Waals surface area contributed by atoms with Crippen molar-refractivity contribution >= 4 is 0 Å². The largest absolute Gasteiger partial charge is 0.320 e. The van der Waals surface area contributed by atoms with Crippen molar-refractivity contribution in [2.24, 2.45) is 0 Å². The van der Waals surface area contributed by atoms with Gasteiger partial charge in [-0.2, -0.15) is 5.10 Å². The van der Waals surface area contributed by atoms with Gasteiger partial charge in [0.15, 0.2) is 0 Å². The summed E-state index contributed by atoms with van der Waals surface area (Å²) in [6.07, 6.45) is 12.9. The molecule has 118 valence electrons. The van der Waals surface area contributed by atoms with E-state index in [1.54, 1.807) is 0 Å². The Labute approximate surface area is 128 Å². The van der Waals surface area contributed by atoms with Gasteiger partial charge >= 0.3 is 0 Å². The number of likely N-dealkylation sites (tertiary alicyclic amines) is 1. The average Bonchev–Trinajstić information content (AvgIpc) is 3.17. The minimum Gasteiger partial charge on any atom is -0.320 e. The Hall–Kier alpha value is -0.870. The first-order valence-corrected chi connectivity index (χ1v) is 8.79. The Bertz CT molecular complexity index is 422. The summed E-state index contributed by atoms with van der Waals surface area (Å²) in [4.78, 5) is 2.65. The van der Waals surface area contributed by atoms with Crippen LogP contribution in [-0.4, -0.2) is 40.9 Å². The second-order valence-electron chi connectivity index (χ2n) is 6.74. The second kappa shape index (κ2) is 7.41. The molecule has 3 rings (SSSR count). The van der Waals surface area contributed by atoms with Gasteiger partial charge in [-0.1, -0.05) is 19.3 Å². The van der Waals surface area contributed by atoms with Crippen molar-refractivity contribution in [1.82, 2.24) is 20.0 Å². The molecule has 1 saturated heterocycles. The molecule has 2 fully saturated rings. The molecule has 0 aromatic carbocycles. The number of rotatable bonds is 6. The molecular weight excluding hydrogens is 260 g/mol. The quantitative estimate of drug-likeness (QED) is 0.874. The monoisotopic (exact) mass is 290 g/mol. The highest BCUT2D eigenvalue weighted by Gasteiger charge is 2.23. The molecule has 1 N–H and O–H groups in total. The van der Waals surface area contributed by atoms with E-state index < -0.39 is 0 Å². The molecule has 0 bridgehead atoms. The normalized spacial score (nSPS) is 24.7. The van der Waals surface area contributed by atoms with Crippen LogP contribution in [0.5, 0.6) is 0 Å². The number of hydrogen-bond acceptors (Lipinski definition) is 3. The molecule has 1 atom stereocenters. The summed E-state index contributed by atoms with van der Waals surface area (Å²) in [7, 11) is 2.05. The van der Waals surface area contributed by atoms with E-state index in [9.17, 15) is 0 Å². The molecule has 2 heterocycles. The Kier molecular flexibility index (Phi) is 5.31. The summed E-state index contributed by atoms with van der Waals surface area (Å²) in [6, 6.07) is 3.64. The molecule has 1 aliphatic carbocycles. The van der Waals surface area contributed by atoms with Gasteiger partial charge in [0.1, 0.15) is 0 Å². The van der Waals surface area contributed by atoms with Gasteiger partial charge in [0.05, 0.1) is 11.7 Å². The van der Waals surface area contributed by atoms with Crippen LogP contribution in [0.4, 0.5) is 0 Å². The highest BCUT2D eigenvalue weighted by Crippen LogP contribution is 2.29. The third-order valence-electron chi connectivity index (χ3n) is 5.20. The first kappa shape index (κ1) is 15.0. The Balaban J connectivity index is 1.58. The van der Waals surface area contributed by atoms with Crippen LogP contribution >= 0.6 is 0 Å². The van der Waals surface area contributed by atoms with Gasteiger partial charge in [-0.15, -0.1) is 0 Å². The fraction of sp³-hybridized carbons (Fsp3) is 0.824. The van der Waals surface area contributed by atoms with Gasteiger partial charge in [-0.3, -0.25) is 9.58 Å². The summed E-state index contributed by atoms with van der Waals surface area (Å²) < 4.78 is 2.23. The molecule has 1 saturated carbocycles. The summed E-state index contributed by atoms with van der Waals surface area (Å²) >= 11 is 0. The minimum atomic E-state index is 0.667. The topological polar surface area (TPSA) is 33.1 Å². The number of aromatic nitrogens is 2. The predicted octanol–water partition coefficient (Wildman–Crippen LogP) is 2.96. The highest BCUT2D eigenvalue weighted by atomic mass is 15.3. The third kappa shape index (κ3) is 3.86. The average molecular weight is 290 g/mol. The van der Waals surface area contributed by atoms with Crippen molar-refractivity contribution in [2.45, 2.75) is 70.0 Å². The molecular formula is C17H30N4. The maximum absolute atomic E-state index is 4.86. The predicted molar refractivity (Wildman–Crippen MR) is 86.3 cm³/mol. The third-order valence-corrected chi connectivity index (χ3v) is 5.20. The first-order chi connectivity index (χ1) is 10.4. The Morgan fingerprint density at radius 3 is 2.81 bits per heavy atom. The summed E-state index contributed by atoms with van der Waals surface area (Å²) in [6.45, 7) is 3.40. The van der Waals surface area contributed by atoms with Crippen LogP contribution in [-0.2, 0) is 6.54 Å². The molecule has 1 aliphatic heterocycles. The van der Waals surface area contributed by atoms with Gasteiger partial charge in [-0.25, -0.2) is 0 Å². The van der Waals surface area contributed by atoms with Crippen molar-refractivity contribution in [1.29, 1.82) is 0 Å². The molecule has 0 spiro atoms. The van der Waals surface area contributed by atoms with E-state index >= 15 is 0 Å². The number of nitrogens with one attached hydrogen (secondary N) is 1. The fourth-order valence-corrected chi connectivity index (χ4v) is 3.95. The van der Waals surface area contributed by atoms with Crippen molar-refractivity contribution in [3.63, 3.8) is 0 Å². The number of hydrogen-bond donors (Lipinski definition) is 1. The molecule has 4 nitrogen and oxygen atoms in total. The molecule has 1 aromatic heterocycles. The van der Waals surface area contributed by atoms with Crippen LogP contribution in [0.2, 0.25) is 0 Å². The molecule has 2 aliphatic rings. The zero-order chi connectivity index (χ0) is 14.5. The van der Waals surface area contributed by atoms with Gasteiger partial charge in [0.25, 0.3) is 0 Å². The lowest BCUT2D eigenvalue weighted by atomic mass is 9.99. The van der Waals surface area contributed by atoms with Crippen molar-refractivity contribution in [3.8, 4) is 0 Å². The Morgan fingerprint density at radius 1 is 1.19 bits per heavy atom. The van der Waals surface area contributed by atoms with E-state index in [4.69, 9.17) is 5.10 Å². The van der Waals surface area contributed by atoms with Crippen LogP contribution < -0.4 is 5.32 Å². The molecule has 21 heavy (non-hydrogen) atoms. The number of piperidine rings is 1. The van der Waals surface area contributed by atoms with Crippen LogP contribution in [0.25, 0.3) is 0 Å². The van der Waals surface area contributed by atoms with Crippen LogP contribution in [0.15, 0.2) is 12.3 Å². The number of nitrogens with zero attached hydrogens (tertiary/aromatic N) is 3. The zero-order valence-electron chi connectivity index (χ0n) is 13.4. The van der Waals surface area contributed by atoms with E-state index in [-0.39, 0.29) is 0 Å². The summed E-state index contributed by atoms with van der Waals surface area (Å²) in [5.41, 5.74) is 1.26. The van der Waals surface area contributed by atoms with Crippen LogP contribution in [0.1, 0.15) is 63.1 Å². The van der Waals surface area contributed by atoms with Gasteiger partial charge in [0.2, 0.25) is 0 Å². The lowest BCUT2D eigenvalue weighted by Gasteiger charge is -2.35. The van der Waals surface area contributed by atoms with Gasteiger partial charge in [0, 0.05) is 18.8 Å². The molecule has 0 radical (unpaired) electrons. The SMILES string of the molecule is CNCCC1CCCCN1Cc1ccn(C2CCCC2)n1. The van der Waals surface area contributed by atoms with Gasteiger partial charge < -0.3 is 5.32 Å². The maximum atomic E-state index is 4.86. The van der Waals surface area contributed by atoms with E-state index in [1.807, 2.05) is 0 Å². The summed E-state index contributed by atoms with van der Waals surface area (Å²) in [5, 5.41) is 8.15. The standard InChI is InChI=1S/C17H30N4/c1-18-11-9-16-6-4-5-12-20(16)14-15-10-13-21(19-15)17-7-2-3-8-17/h10,13,16-18H,2-9,11-12,14H2,1H3. The van der Waals surface area contributed by atoms with Crippen molar-refractivity contribution in [3.05, 3.63) is 18.0 Å².